The summed E-state index contributed by atoms with van der Waals surface area (Å²) in [5.41, 5.74) is 0. The maximum atomic E-state index is 13.2. The number of hydrogen-bond acceptors (Lipinski definition) is 1. The summed E-state index contributed by atoms with van der Waals surface area (Å²) in [5.74, 6) is 2.23. The van der Waals surface area contributed by atoms with E-state index in [1.807, 2.05) is 6.08 Å². The van der Waals surface area contributed by atoms with Crippen molar-refractivity contribution in [2.45, 2.75) is 71.1 Å². The lowest BCUT2D eigenvalue weighted by atomic mass is 9.69. The Kier molecular flexibility index (Phi) is 7.72. The van der Waals surface area contributed by atoms with Gasteiger partial charge in [0, 0.05) is 6.07 Å². The van der Waals surface area contributed by atoms with Crippen LogP contribution >= 0.6 is 0 Å². The summed E-state index contributed by atoms with van der Waals surface area (Å²) in [6.45, 7) is 2.72. The molecule has 0 aromatic heterocycles. The molecule has 1 nitrogen and oxygen atoms in total. The average molecular weight is 377 g/mol. The van der Waals surface area contributed by atoms with Crippen molar-refractivity contribution >= 4 is 0 Å². The first-order valence-corrected chi connectivity index (χ1v) is 10.9. The van der Waals surface area contributed by atoms with Crippen LogP contribution in [-0.4, -0.2) is 6.61 Å². The minimum Gasteiger partial charge on any atom is -0.489 e. The molecule has 0 amide bonds. The van der Waals surface area contributed by atoms with E-state index < -0.39 is 11.6 Å². The monoisotopic (exact) mass is 376 g/mol. The minimum absolute atomic E-state index is 0.376. The van der Waals surface area contributed by atoms with Crippen LogP contribution < -0.4 is 4.74 Å². The number of benzene rings is 1. The van der Waals surface area contributed by atoms with Crippen LogP contribution in [0.3, 0.4) is 0 Å². The van der Waals surface area contributed by atoms with Gasteiger partial charge in [-0.3, -0.25) is 0 Å². The van der Waals surface area contributed by atoms with Gasteiger partial charge in [-0.1, -0.05) is 44.8 Å². The van der Waals surface area contributed by atoms with E-state index in [4.69, 9.17) is 4.74 Å². The highest BCUT2D eigenvalue weighted by molar-refractivity contribution is 5.23. The first-order chi connectivity index (χ1) is 13.2. The minimum atomic E-state index is -0.862. The molecule has 150 valence electrons. The predicted molar refractivity (Wildman–Crippen MR) is 107 cm³/mol. The van der Waals surface area contributed by atoms with Crippen LogP contribution in [0, 0.1) is 35.3 Å². The van der Waals surface area contributed by atoms with Gasteiger partial charge in [0.15, 0.2) is 11.6 Å². The van der Waals surface area contributed by atoms with Gasteiger partial charge >= 0.3 is 0 Å². The zero-order chi connectivity index (χ0) is 19.1. The van der Waals surface area contributed by atoms with Gasteiger partial charge in [0.1, 0.15) is 12.4 Å². The molecule has 0 spiro atoms. The molecule has 2 aliphatic carbocycles. The number of halogens is 2. The van der Waals surface area contributed by atoms with E-state index in [0.717, 1.165) is 29.9 Å². The molecular weight excluding hydrogens is 342 g/mol. The molecular formula is C24H34F2O. The van der Waals surface area contributed by atoms with Crippen molar-refractivity contribution in [3.05, 3.63) is 42.0 Å². The summed E-state index contributed by atoms with van der Waals surface area (Å²) in [5, 5.41) is 0. The average Bonchev–Trinajstić information content (AvgIpc) is 2.69. The second-order valence-electron chi connectivity index (χ2n) is 8.56. The Balaban J connectivity index is 1.34. The molecule has 2 aliphatic rings. The van der Waals surface area contributed by atoms with Crippen molar-refractivity contribution in [2.24, 2.45) is 23.7 Å². The predicted octanol–water partition coefficient (Wildman–Crippen LogP) is 7.31. The van der Waals surface area contributed by atoms with Crippen molar-refractivity contribution in [2.75, 3.05) is 6.61 Å². The van der Waals surface area contributed by atoms with Crippen molar-refractivity contribution in [1.82, 2.24) is 0 Å². The Morgan fingerprint density at radius 1 is 0.926 bits per heavy atom. The van der Waals surface area contributed by atoms with Gasteiger partial charge in [-0.15, -0.1) is 0 Å². The van der Waals surface area contributed by atoms with E-state index in [0.29, 0.717) is 18.3 Å². The molecule has 0 heterocycles. The number of hydrogen-bond donors (Lipinski definition) is 0. The van der Waals surface area contributed by atoms with Crippen LogP contribution in [-0.2, 0) is 0 Å². The summed E-state index contributed by atoms with van der Waals surface area (Å²) < 4.78 is 31.5. The van der Waals surface area contributed by atoms with Crippen LogP contribution in [0.5, 0.6) is 5.75 Å². The molecule has 0 N–H and O–H groups in total. The Bertz CT molecular complexity index is 596. The first-order valence-electron chi connectivity index (χ1n) is 10.9. The fraction of sp³-hybridized carbons (Fsp3) is 0.667. The fourth-order valence-corrected chi connectivity index (χ4v) is 5.12. The van der Waals surface area contributed by atoms with E-state index in [9.17, 15) is 8.78 Å². The van der Waals surface area contributed by atoms with Crippen molar-refractivity contribution in [3.63, 3.8) is 0 Å². The normalized spacial score (nSPS) is 29.1. The third-order valence-electron chi connectivity index (χ3n) is 6.72. The van der Waals surface area contributed by atoms with E-state index in [-0.39, 0.29) is 0 Å². The topological polar surface area (TPSA) is 9.23 Å². The Morgan fingerprint density at radius 3 is 2.22 bits per heavy atom. The molecule has 1 aromatic rings. The van der Waals surface area contributed by atoms with Crippen LogP contribution in [0.15, 0.2) is 30.4 Å². The molecule has 27 heavy (non-hydrogen) atoms. The van der Waals surface area contributed by atoms with Gasteiger partial charge in [-0.25, -0.2) is 8.78 Å². The lowest BCUT2D eigenvalue weighted by molar-refractivity contribution is 0.152. The highest BCUT2D eigenvalue weighted by atomic mass is 19.2. The molecule has 1 aromatic carbocycles. The smallest absolute Gasteiger partial charge is 0.162 e. The first kappa shape index (κ1) is 20.4. The van der Waals surface area contributed by atoms with Gasteiger partial charge in [0.05, 0.1) is 0 Å². The van der Waals surface area contributed by atoms with Crippen LogP contribution in [0.4, 0.5) is 8.78 Å². The third kappa shape index (κ3) is 6.05. The Morgan fingerprint density at radius 2 is 1.59 bits per heavy atom. The van der Waals surface area contributed by atoms with Crippen molar-refractivity contribution in [1.29, 1.82) is 0 Å². The number of ether oxygens (including phenoxy) is 1. The van der Waals surface area contributed by atoms with Crippen LogP contribution in [0.1, 0.15) is 71.1 Å². The number of allylic oxidation sites excluding steroid dienone is 1. The molecule has 2 saturated carbocycles. The molecule has 0 bridgehead atoms. The van der Waals surface area contributed by atoms with Gasteiger partial charge < -0.3 is 4.74 Å². The number of rotatable bonds is 7. The zero-order valence-corrected chi connectivity index (χ0v) is 16.6. The van der Waals surface area contributed by atoms with Crippen molar-refractivity contribution in [3.8, 4) is 5.75 Å². The fourth-order valence-electron chi connectivity index (χ4n) is 5.12. The molecule has 3 rings (SSSR count). The standard InChI is InChI=1S/C24H34F2O/c1-2-4-18-6-10-20(11-7-18)21-12-8-19(9-13-21)5-3-16-27-22-14-15-23(25)24(26)17-22/h3,5,14-15,17-21H,2,4,6-13,16H2,1H3/b5-3+. The summed E-state index contributed by atoms with van der Waals surface area (Å²) in [4.78, 5) is 0. The molecule has 0 aliphatic heterocycles. The Labute approximate surface area is 163 Å². The summed E-state index contributed by atoms with van der Waals surface area (Å²) in [6, 6.07) is 3.67. The van der Waals surface area contributed by atoms with Gasteiger partial charge in [0.25, 0.3) is 0 Å². The lowest BCUT2D eigenvalue weighted by Crippen LogP contribution is -2.25. The van der Waals surface area contributed by atoms with E-state index in [1.165, 1.54) is 70.3 Å². The largest absolute Gasteiger partial charge is 0.489 e. The SMILES string of the molecule is CCCC1CCC(C2CCC(/C=C/COc3ccc(F)c(F)c3)CC2)CC1. The maximum Gasteiger partial charge on any atom is 0.162 e. The molecule has 2 fully saturated rings. The maximum absolute atomic E-state index is 13.2. The Hall–Kier alpha value is -1.38. The summed E-state index contributed by atoms with van der Waals surface area (Å²) >= 11 is 0. The highest BCUT2D eigenvalue weighted by Gasteiger charge is 2.29. The van der Waals surface area contributed by atoms with Crippen LogP contribution in [0.2, 0.25) is 0 Å². The molecule has 3 heteroatoms. The molecule has 0 saturated heterocycles. The zero-order valence-electron chi connectivity index (χ0n) is 16.6. The molecule has 0 unspecified atom stereocenters. The van der Waals surface area contributed by atoms with Gasteiger partial charge in [0.2, 0.25) is 0 Å². The summed E-state index contributed by atoms with van der Waals surface area (Å²) in [6.07, 6.45) is 18.2. The highest BCUT2D eigenvalue weighted by Crippen LogP contribution is 2.42. The second-order valence-corrected chi connectivity index (χ2v) is 8.56. The quantitative estimate of drug-likeness (QED) is 0.453. The van der Waals surface area contributed by atoms with Gasteiger partial charge in [-0.2, -0.15) is 0 Å². The van der Waals surface area contributed by atoms with Crippen molar-refractivity contribution < 1.29 is 13.5 Å². The summed E-state index contributed by atoms with van der Waals surface area (Å²) in [7, 11) is 0. The van der Waals surface area contributed by atoms with E-state index in [2.05, 4.69) is 13.0 Å². The molecule has 0 atom stereocenters. The van der Waals surface area contributed by atoms with Gasteiger partial charge in [-0.05, 0) is 74.3 Å². The molecule has 0 radical (unpaired) electrons. The lowest BCUT2D eigenvalue weighted by Gasteiger charge is -2.37. The van der Waals surface area contributed by atoms with E-state index in [1.54, 1.807) is 0 Å². The van der Waals surface area contributed by atoms with E-state index >= 15 is 0 Å². The third-order valence-corrected chi connectivity index (χ3v) is 6.72. The van der Waals surface area contributed by atoms with Crippen LogP contribution in [0.25, 0.3) is 0 Å². The second kappa shape index (κ2) is 10.2.